The number of nitrogen functional groups attached to an aromatic ring is 1. The summed E-state index contributed by atoms with van der Waals surface area (Å²) in [6, 6.07) is 7.93. The molecular weight excluding hydrogens is 559 g/mol. The average molecular weight is 586 g/mol. The second-order valence-electron chi connectivity index (χ2n) is 11.7. The van der Waals surface area contributed by atoms with E-state index in [1.807, 2.05) is 16.8 Å². The number of ether oxygens (including phenoxy) is 1. The minimum atomic E-state index is -2.42. The number of hydrogen-bond acceptors (Lipinski definition) is 7. The lowest BCUT2D eigenvalue weighted by Crippen LogP contribution is -2.85. The molecule has 2 aliphatic rings. The Morgan fingerprint density at radius 1 is 1.05 bits per heavy atom. The molecule has 1 aromatic carbocycles. The Morgan fingerprint density at radius 3 is 2.43 bits per heavy atom. The highest BCUT2D eigenvalue weighted by molar-refractivity contribution is 6.58. The third-order valence-corrected chi connectivity index (χ3v) is 8.53. The molecule has 2 N–H and O–H groups in total. The molecule has 0 aliphatic carbocycles. The Bertz CT molecular complexity index is 1800. The standard InChI is InChI=1S/C28H27B4FN8O3/c1-15(42)41-26(2,3)25(43)38(27(29,30)28(41,31)32)22-12-16(4-5-19(22)33)21-13-18(23-24(34)35-14-37-40(21)23)20-6-9-36-39(20)17-7-10-44-11-8-17/h4-6,9,12-14,17H,7-8,10-11H2,1-3H3,(H2,34,35,37). The number of anilines is 2. The number of benzene rings is 1. The van der Waals surface area contributed by atoms with Gasteiger partial charge in [0.15, 0.2) is 5.82 Å². The first-order valence-corrected chi connectivity index (χ1v) is 14.0. The summed E-state index contributed by atoms with van der Waals surface area (Å²) in [5, 5.41) is 4.33. The highest BCUT2D eigenvalue weighted by Crippen LogP contribution is 2.43. The monoisotopic (exact) mass is 586 g/mol. The molecule has 2 amide bonds. The maximum absolute atomic E-state index is 15.7. The number of nitrogens with zero attached hydrogens (tertiary/aromatic N) is 7. The highest BCUT2D eigenvalue weighted by Gasteiger charge is 2.59. The number of piperazine rings is 1. The van der Waals surface area contributed by atoms with Crippen LogP contribution in [-0.4, -0.2) is 102 Å². The number of fused-ring (bicyclic) bond motifs is 1. The van der Waals surface area contributed by atoms with Crippen molar-refractivity contribution >= 4 is 60.2 Å². The fraction of sp³-hybridized carbons (Fsp3) is 0.393. The van der Waals surface area contributed by atoms with Crippen LogP contribution in [0.1, 0.15) is 39.7 Å². The van der Waals surface area contributed by atoms with Gasteiger partial charge in [-0.25, -0.2) is 13.9 Å². The van der Waals surface area contributed by atoms with Crippen molar-refractivity contribution in [3.63, 3.8) is 0 Å². The van der Waals surface area contributed by atoms with Gasteiger partial charge in [-0.3, -0.25) is 14.3 Å². The Labute approximate surface area is 258 Å². The van der Waals surface area contributed by atoms with Crippen LogP contribution in [0.4, 0.5) is 15.9 Å². The third kappa shape index (κ3) is 4.28. The predicted molar refractivity (Wildman–Crippen MR) is 166 cm³/mol. The van der Waals surface area contributed by atoms with Gasteiger partial charge in [0, 0.05) is 37.5 Å². The Morgan fingerprint density at radius 2 is 1.75 bits per heavy atom. The van der Waals surface area contributed by atoms with Gasteiger partial charge in [-0.15, -0.1) is 0 Å². The molecule has 2 fully saturated rings. The van der Waals surface area contributed by atoms with Crippen LogP contribution in [-0.2, 0) is 14.3 Å². The normalized spacial score (nSPS) is 19.9. The summed E-state index contributed by atoms with van der Waals surface area (Å²) in [5.74, 6) is -2.02. The second-order valence-corrected chi connectivity index (χ2v) is 11.7. The van der Waals surface area contributed by atoms with Gasteiger partial charge >= 0.3 is 0 Å². The van der Waals surface area contributed by atoms with Gasteiger partial charge in [-0.05, 0) is 67.7 Å². The van der Waals surface area contributed by atoms with Crippen LogP contribution in [0.25, 0.3) is 28.0 Å². The fourth-order valence-corrected chi connectivity index (χ4v) is 6.38. The van der Waals surface area contributed by atoms with Crippen molar-refractivity contribution < 1.29 is 18.7 Å². The molecule has 4 aromatic rings. The van der Waals surface area contributed by atoms with E-state index in [1.165, 1.54) is 45.3 Å². The summed E-state index contributed by atoms with van der Waals surface area (Å²) >= 11 is 0. The summed E-state index contributed by atoms with van der Waals surface area (Å²) in [6.07, 6.45) is 4.62. The molecule has 2 aliphatic heterocycles. The lowest BCUT2D eigenvalue weighted by molar-refractivity contribution is -0.150. The van der Waals surface area contributed by atoms with Crippen molar-refractivity contribution in [1.82, 2.24) is 29.3 Å². The first kappa shape index (κ1) is 30.0. The molecule has 3 aromatic heterocycles. The fourth-order valence-electron chi connectivity index (χ4n) is 6.38. The van der Waals surface area contributed by atoms with Gasteiger partial charge in [0.05, 0.1) is 54.5 Å². The molecular formula is C28H27B4FN8O3. The molecule has 8 radical (unpaired) electrons. The minimum Gasteiger partial charge on any atom is -0.382 e. The van der Waals surface area contributed by atoms with Crippen LogP contribution in [0.15, 0.2) is 42.9 Å². The summed E-state index contributed by atoms with van der Waals surface area (Å²) in [5.41, 5.74) is 7.42. The second kappa shape index (κ2) is 10.3. The Hall–Kier alpha value is -4.06. The molecule has 0 spiro atoms. The van der Waals surface area contributed by atoms with Gasteiger partial charge in [0.2, 0.25) is 5.91 Å². The molecule has 0 saturated carbocycles. The van der Waals surface area contributed by atoms with Crippen molar-refractivity contribution in [3.8, 4) is 22.5 Å². The molecule has 44 heavy (non-hydrogen) atoms. The molecule has 216 valence electrons. The predicted octanol–water partition coefficient (Wildman–Crippen LogP) is 1.29. The number of nitrogens with two attached hydrogens (primary N) is 1. The third-order valence-electron chi connectivity index (χ3n) is 8.53. The van der Waals surface area contributed by atoms with Crippen molar-refractivity contribution in [2.75, 3.05) is 23.8 Å². The van der Waals surface area contributed by atoms with Crippen molar-refractivity contribution in [1.29, 1.82) is 0 Å². The number of aromatic nitrogens is 5. The summed E-state index contributed by atoms with van der Waals surface area (Å²) in [6.45, 7) is 5.31. The lowest BCUT2D eigenvalue weighted by atomic mass is 9.35. The zero-order valence-electron chi connectivity index (χ0n) is 24.6. The average Bonchev–Trinajstić information content (AvgIpc) is 3.59. The van der Waals surface area contributed by atoms with E-state index in [2.05, 4.69) is 15.2 Å². The molecule has 2 saturated heterocycles. The molecule has 16 heteroatoms. The quantitative estimate of drug-likeness (QED) is 0.358. The van der Waals surface area contributed by atoms with Crippen LogP contribution >= 0.6 is 0 Å². The number of rotatable bonds is 4. The van der Waals surface area contributed by atoms with E-state index in [4.69, 9.17) is 41.9 Å². The van der Waals surface area contributed by atoms with Gasteiger partial charge in [0.25, 0.3) is 5.91 Å². The van der Waals surface area contributed by atoms with Crippen LogP contribution in [0.2, 0.25) is 0 Å². The van der Waals surface area contributed by atoms with E-state index in [-0.39, 0.29) is 17.5 Å². The van der Waals surface area contributed by atoms with Crippen LogP contribution in [0, 0.1) is 5.82 Å². The number of halogens is 1. The number of carbonyl (C=O) groups excluding carboxylic acids is 2. The van der Waals surface area contributed by atoms with Crippen LogP contribution < -0.4 is 10.6 Å². The Kier molecular flexibility index (Phi) is 6.99. The zero-order chi connectivity index (χ0) is 31.8. The van der Waals surface area contributed by atoms with Crippen molar-refractivity contribution in [2.24, 2.45) is 0 Å². The molecule has 0 unspecified atom stereocenters. The molecule has 6 rings (SSSR count). The van der Waals surface area contributed by atoms with Crippen molar-refractivity contribution in [2.45, 2.75) is 55.9 Å². The van der Waals surface area contributed by atoms with Crippen molar-refractivity contribution in [3.05, 3.63) is 48.7 Å². The van der Waals surface area contributed by atoms with Gasteiger partial charge in [-0.1, -0.05) is 0 Å². The topological polar surface area (TPSA) is 124 Å². The summed E-state index contributed by atoms with van der Waals surface area (Å²) < 4.78 is 24.7. The van der Waals surface area contributed by atoms with E-state index in [0.717, 1.165) is 28.3 Å². The van der Waals surface area contributed by atoms with Gasteiger partial charge < -0.3 is 20.3 Å². The first-order valence-electron chi connectivity index (χ1n) is 14.0. The number of amides is 2. The summed E-state index contributed by atoms with van der Waals surface area (Å²) in [7, 11) is 25.5. The maximum atomic E-state index is 15.7. The SMILES string of the molecule is [B]C1([B])N(c2cc(-c3cc(-c4ccnn4C4CCOCC4)c4c(N)ncnn34)ccc2F)C(=O)C(C)(C)N(C(C)=O)C1([B])[B]. The number of carbonyl (C=O) groups is 2. The van der Waals surface area contributed by atoms with E-state index >= 15 is 4.39 Å². The lowest BCUT2D eigenvalue weighted by Gasteiger charge is -2.65. The first-order chi connectivity index (χ1) is 20.7. The van der Waals surface area contributed by atoms with E-state index in [9.17, 15) is 9.59 Å². The van der Waals surface area contributed by atoms with Crippen LogP contribution in [0.3, 0.4) is 0 Å². The zero-order valence-corrected chi connectivity index (χ0v) is 24.6. The highest BCUT2D eigenvalue weighted by atomic mass is 19.1. The van der Waals surface area contributed by atoms with E-state index < -0.39 is 33.8 Å². The van der Waals surface area contributed by atoms with E-state index in [1.54, 1.807) is 10.7 Å². The van der Waals surface area contributed by atoms with Crippen LogP contribution in [0.5, 0.6) is 0 Å². The molecule has 11 nitrogen and oxygen atoms in total. The van der Waals surface area contributed by atoms with Gasteiger partial charge in [0.1, 0.15) is 23.2 Å². The number of hydrogen-bond donors (Lipinski definition) is 1. The van der Waals surface area contributed by atoms with Gasteiger partial charge in [-0.2, -0.15) is 10.2 Å². The molecule has 5 heterocycles. The Balaban J connectivity index is 1.52. The summed E-state index contributed by atoms with van der Waals surface area (Å²) in [4.78, 5) is 32.4. The maximum Gasteiger partial charge on any atom is 0.251 e. The van der Waals surface area contributed by atoms with E-state index in [0.29, 0.717) is 35.6 Å². The molecule has 0 atom stereocenters. The largest absolute Gasteiger partial charge is 0.382 e. The minimum absolute atomic E-state index is 0.119. The molecule has 0 bridgehead atoms. The smallest absolute Gasteiger partial charge is 0.251 e.